The normalized spacial score (nSPS) is 11.6. The van der Waals surface area contributed by atoms with E-state index in [0.29, 0.717) is 0 Å². The fraction of sp³-hybridized carbons (Fsp3) is 0.429. The molecule has 0 saturated carbocycles. The maximum atomic E-state index is 11.5. The number of imidazole rings is 1. The van der Waals surface area contributed by atoms with Gasteiger partial charge in [-0.1, -0.05) is 6.07 Å². The van der Waals surface area contributed by atoms with Crippen LogP contribution < -0.4 is 0 Å². The second kappa shape index (κ2) is 4.91. The lowest BCUT2D eigenvalue weighted by atomic mass is 10.2. The molecule has 0 aliphatic carbocycles. The number of ether oxygens (including phenoxy) is 2. The lowest BCUT2D eigenvalue weighted by Gasteiger charge is -2.18. The Kier molecular flexibility index (Phi) is 3.46. The minimum absolute atomic E-state index is 0.145. The van der Waals surface area contributed by atoms with Gasteiger partial charge in [0.2, 0.25) is 0 Å². The molecule has 0 unspecified atom stereocenters. The van der Waals surface area contributed by atoms with Crippen molar-refractivity contribution in [1.82, 2.24) is 9.38 Å². The summed E-state index contributed by atoms with van der Waals surface area (Å²) in [6.45, 7) is 7.43. The van der Waals surface area contributed by atoms with Gasteiger partial charge in [-0.05, 0) is 39.8 Å². The summed E-state index contributed by atoms with van der Waals surface area (Å²) >= 11 is 0. The van der Waals surface area contributed by atoms with Crippen LogP contribution in [0.3, 0.4) is 0 Å². The van der Waals surface area contributed by atoms with Crippen LogP contribution in [0.15, 0.2) is 24.4 Å². The Morgan fingerprint density at radius 3 is 2.79 bits per heavy atom. The van der Waals surface area contributed by atoms with Crippen molar-refractivity contribution in [3.63, 3.8) is 0 Å². The summed E-state index contributed by atoms with van der Waals surface area (Å²) < 4.78 is 12.1. The molecule has 0 spiro atoms. The minimum Gasteiger partial charge on any atom is -0.429 e. The molecule has 2 rings (SSSR count). The van der Waals surface area contributed by atoms with Crippen LogP contribution in [0.2, 0.25) is 0 Å². The van der Waals surface area contributed by atoms with Crippen molar-refractivity contribution in [1.29, 1.82) is 0 Å². The van der Waals surface area contributed by atoms with Crippen molar-refractivity contribution in [2.24, 2.45) is 0 Å². The topological polar surface area (TPSA) is 52.8 Å². The summed E-state index contributed by atoms with van der Waals surface area (Å²) in [5.74, 6) is 0. The molecular formula is C14H18N2O3. The summed E-state index contributed by atoms with van der Waals surface area (Å²) in [6.07, 6.45) is 1.22. The Hall–Kier alpha value is -2.04. The van der Waals surface area contributed by atoms with E-state index in [4.69, 9.17) is 9.47 Å². The van der Waals surface area contributed by atoms with Crippen molar-refractivity contribution < 1.29 is 14.3 Å². The van der Waals surface area contributed by atoms with Gasteiger partial charge in [0.15, 0.2) is 0 Å². The smallest absolute Gasteiger partial charge is 0.429 e. The molecule has 0 amide bonds. The summed E-state index contributed by atoms with van der Waals surface area (Å²) in [5, 5.41) is 0. The zero-order valence-electron chi connectivity index (χ0n) is 11.6. The van der Waals surface area contributed by atoms with Crippen molar-refractivity contribution in [3.05, 3.63) is 35.8 Å². The Labute approximate surface area is 112 Å². The lowest BCUT2D eigenvalue weighted by molar-refractivity contribution is -0.0114. The highest BCUT2D eigenvalue weighted by molar-refractivity contribution is 5.60. The number of aromatic nitrogens is 2. The molecule has 0 aliphatic heterocycles. The molecule has 19 heavy (non-hydrogen) atoms. The van der Waals surface area contributed by atoms with Crippen LogP contribution >= 0.6 is 0 Å². The molecule has 0 fully saturated rings. The quantitative estimate of drug-likeness (QED) is 0.780. The molecular weight excluding hydrogens is 244 g/mol. The van der Waals surface area contributed by atoms with E-state index in [1.165, 1.54) is 0 Å². The fourth-order valence-electron chi connectivity index (χ4n) is 1.74. The van der Waals surface area contributed by atoms with Crippen LogP contribution in [0.1, 0.15) is 32.2 Å². The van der Waals surface area contributed by atoms with E-state index < -0.39 is 11.8 Å². The molecule has 0 N–H and O–H groups in total. The van der Waals surface area contributed by atoms with Crippen LogP contribution in [0, 0.1) is 6.92 Å². The van der Waals surface area contributed by atoms with E-state index in [1.807, 2.05) is 35.7 Å². The molecule has 102 valence electrons. The van der Waals surface area contributed by atoms with E-state index in [0.717, 1.165) is 17.0 Å². The number of fused-ring (bicyclic) bond motifs is 1. The van der Waals surface area contributed by atoms with Crippen molar-refractivity contribution in [2.75, 3.05) is 0 Å². The predicted octanol–water partition coefficient (Wildman–Crippen LogP) is 3.09. The summed E-state index contributed by atoms with van der Waals surface area (Å²) in [6, 6.07) is 5.73. The highest BCUT2D eigenvalue weighted by Gasteiger charge is 2.18. The van der Waals surface area contributed by atoms with Gasteiger partial charge in [0.1, 0.15) is 17.9 Å². The molecule has 2 aromatic heterocycles. The number of pyridine rings is 1. The van der Waals surface area contributed by atoms with Gasteiger partial charge in [-0.3, -0.25) is 0 Å². The summed E-state index contributed by atoms with van der Waals surface area (Å²) in [5.41, 5.74) is 1.98. The van der Waals surface area contributed by atoms with Crippen LogP contribution in [-0.4, -0.2) is 21.1 Å². The Bertz CT molecular complexity index is 596. The molecule has 5 heteroatoms. The van der Waals surface area contributed by atoms with Gasteiger partial charge in [0, 0.05) is 6.20 Å². The van der Waals surface area contributed by atoms with Gasteiger partial charge in [-0.15, -0.1) is 0 Å². The van der Waals surface area contributed by atoms with Crippen molar-refractivity contribution in [2.45, 2.75) is 39.9 Å². The third kappa shape index (κ3) is 3.24. The molecule has 0 radical (unpaired) electrons. The first-order valence-corrected chi connectivity index (χ1v) is 6.15. The van der Waals surface area contributed by atoms with E-state index >= 15 is 0 Å². The molecule has 0 bridgehead atoms. The first kappa shape index (κ1) is 13.4. The van der Waals surface area contributed by atoms with Gasteiger partial charge in [-0.2, -0.15) is 0 Å². The number of rotatable bonds is 2. The fourth-order valence-corrected chi connectivity index (χ4v) is 1.74. The number of hydrogen-bond acceptors (Lipinski definition) is 4. The average molecular weight is 262 g/mol. The third-order valence-corrected chi connectivity index (χ3v) is 2.55. The molecule has 0 saturated heterocycles. The molecule has 2 heterocycles. The van der Waals surface area contributed by atoms with E-state index in [2.05, 4.69) is 4.98 Å². The van der Waals surface area contributed by atoms with Gasteiger partial charge >= 0.3 is 6.16 Å². The van der Waals surface area contributed by atoms with Crippen LogP contribution in [0.4, 0.5) is 4.79 Å². The van der Waals surface area contributed by atoms with Crippen molar-refractivity contribution in [3.8, 4) is 0 Å². The monoisotopic (exact) mass is 262 g/mol. The standard InChI is InChI=1S/C14H18N2O3/c1-10-11(9-18-13(17)19-14(2,3)4)16-8-6-5-7-12(16)15-10/h5-8H,9H2,1-4H3. The lowest BCUT2D eigenvalue weighted by Crippen LogP contribution is -2.24. The van der Waals surface area contributed by atoms with Crippen LogP contribution in [0.25, 0.3) is 5.65 Å². The SMILES string of the molecule is Cc1nc2ccccn2c1COC(=O)OC(C)(C)C. The van der Waals surface area contributed by atoms with Gasteiger partial charge in [-0.25, -0.2) is 9.78 Å². The number of nitrogens with zero attached hydrogens (tertiary/aromatic N) is 2. The molecule has 0 atom stereocenters. The maximum absolute atomic E-state index is 11.5. The first-order valence-electron chi connectivity index (χ1n) is 6.15. The van der Waals surface area contributed by atoms with Gasteiger partial charge in [0.25, 0.3) is 0 Å². The molecule has 0 aromatic carbocycles. The number of carbonyl (C=O) groups excluding carboxylic acids is 1. The Balaban J connectivity index is 2.10. The summed E-state index contributed by atoms with van der Waals surface area (Å²) in [7, 11) is 0. The highest BCUT2D eigenvalue weighted by Crippen LogP contribution is 2.14. The van der Waals surface area contributed by atoms with E-state index in [9.17, 15) is 4.79 Å². The predicted molar refractivity (Wildman–Crippen MR) is 71.0 cm³/mol. The number of aryl methyl sites for hydroxylation is 1. The van der Waals surface area contributed by atoms with E-state index in [-0.39, 0.29) is 6.61 Å². The first-order chi connectivity index (χ1) is 8.87. The van der Waals surface area contributed by atoms with Crippen LogP contribution in [-0.2, 0) is 16.1 Å². The number of carbonyl (C=O) groups is 1. The highest BCUT2D eigenvalue weighted by atomic mass is 16.7. The Morgan fingerprint density at radius 1 is 1.37 bits per heavy atom. The van der Waals surface area contributed by atoms with Crippen molar-refractivity contribution >= 4 is 11.8 Å². The number of hydrogen-bond donors (Lipinski definition) is 0. The minimum atomic E-state index is -0.669. The zero-order valence-corrected chi connectivity index (χ0v) is 11.6. The average Bonchev–Trinajstić information content (AvgIpc) is 2.60. The molecule has 0 aliphatic rings. The molecule has 2 aromatic rings. The van der Waals surface area contributed by atoms with Gasteiger partial charge < -0.3 is 13.9 Å². The van der Waals surface area contributed by atoms with Gasteiger partial charge in [0.05, 0.1) is 11.4 Å². The second-order valence-electron chi connectivity index (χ2n) is 5.33. The third-order valence-electron chi connectivity index (χ3n) is 2.55. The molecule has 5 nitrogen and oxygen atoms in total. The van der Waals surface area contributed by atoms with E-state index in [1.54, 1.807) is 20.8 Å². The zero-order chi connectivity index (χ0) is 14.0. The van der Waals surface area contributed by atoms with Crippen LogP contribution in [0.5, 0.6) is 0 Å². The second-order valence-corrected chi connectivity index (χ2v) is 5.33. The maximum Gasteiger partial charge on any atom is 0.509 e. The Morgan fingerprint density at radius 2 is 2.11 bits per heavy atom. The largest absolute Gasteiger partial charge is 0.509 e. The summed E-state index contributed by atoms with van der Waals surface area (Å²) in [4.78, 5) is 15.9.